The van der Waals surface area contributed by atoms with Gasteiger partial charge in [0.05, 0.1) is 29.2 Å². The van der Waals surface area contributed by atoms with Crippen molar-refractivity contribution in [3.63, 3.8) is 0 Å². The molecule has 0 bridgehead atoms. The lowest BCUT2D eigenvalue weighted by Gasteiger charge is -2.17. The second kappa shape index (κ2) is 11.7. The van der Waals surface area contributed by atoms with E-state index in [1.165, 1.54) is 11.3 Å². The first kappa shape index (κ1) is 26.9. The number of fused-ring (bicyclic) bond motifs is 1. The number of anilines is 2. The number of imidazole rings is 1. The number of H-pyrrole nitrogens is 1. The van der Waals surface area contributed by atoms with Gasteiger partial charge in [-0.15, -0.1) is 11.3 Å². The van der Waals surface area contributed by atoms with Gasteiger partial charge in [0.2, 0.25) is 11.8 Å². The quantitative estimate of drug-likeness (QED) is 0.229. The first-order chi connectivity index (χ1) is 20.5. The van der Waals surface area contributed by atoms with Crippen molar-refractivity contribution in [1.29, 1.82) is 0 Å². The van der Waals surface area contributed by atoms with E-state index in [0.29, 0.717) is 46.4 Å². The van der Waals surface area contributed by atoms with Gasteiger partial charge in [0.25, 0.3) is 11.8 Å². The second-order valence-electron chi connectivity index (χ2n) is 9.52. The average molecular weight is 578 g/mol. The minimum atomic E-state index is -0.262. The Morgan fingerprint density at radius 2 is 1.88 bits per heavy atom. The highest BCUT2D eigenvalue weighted by atomic mass is 32.1. The van der Waals surface area contributed by atoms with Gasteiger partial charge in [-0.05, 0) is 48.5 Å². The zero-order valence-electron chi connectivity index (χ0n) is 22.9. The number of aromatic nitrogens is 5. The highest BCUT2D eigenvalue weighted by Crippen LogP contribution is 2.29. The average Bonchev–Trinajstić information content (AvgIpc) is 3.80. The molecule has 2 aromatic carbocycles. The van der Waals surface area contributed by atoms with E-state index in [-0.39, 0.29) is 11.8 Å². The summed E-state index contributed by atoms with van der Waals surface area (Å²) in [5.74, 6) is 0.560. The molecule has 6 aromatic rings. The van der Waals surface area contributed by atoms with Crippen LogP contribution in [0.15, 0.2) is 91.3 Å². The van der Waals surface area contributed by atoms with Crippen LogP contribution in [0.2, 0.25) is 0 Å². The summed E-state index contributed by atoms with van der Waals surface area (Å²) < 4.78 is 7.24. The molecule has 0 aliphatic rings. The number of nitrogens with zero attached hydrogens (tertiary/aromatic N) is 5. The normalized spacial score (nSPS) is 11.0. The molecule has 210 valence electrons. The first-order valence-electron chi connectivity index (χ1n) is 13.2. The van der Waals surface area contributed by atoms with Crippen LogP contribution in [0.3, 0.4) is 0 Å². The molecule has 0 aliphatic carbocycles. The number of aryl methyl sites for hydroxylation is 2. The maximum Gasteiger partial charge on any atom is 0.268 e. The van der Waals surface area contributed by atoms with Gasteiger partial charge < -0.3 is 14.2 Å². The van der Waals surface area contributed by atoms with Gasteiger partial charge in [0.1, 0.15) is 0 Å². The van der Waals surface area contributed by atoms with Crippen molar-refractivity contribution in [2.75, 3.05) is 24.4 Å². The number of nitrogens with one attached hydrogen (secondary N) is 2. The third-order valence-corrected chi connectivity index (χ3v) is 8.00. The Hall–Kier alpha value is -5.29. The maximum atomic E-state index is 13.3. The Morgan fingerprint density at radius 1 is 1.02 bits per heavy atom. The minimum absolute atomic E-state index is 0.127. The predicted molar refractivity (Wildman–Crippen MR) is 163 cm³/mol. The molecule has 11 heteroatoms. The van der Waals surface area contributed by atoms with E-state index in [4.69, 9.17) is 9.72 Å². The van der Waals surface area contributed by atoms with Crippen LogP contribution in [0.25, 0.3) is 21.5 Å². The fourth-order valence-corrected chi connectivity index (χ4v) is 5.52. The number of hydrogen-bond acceptors (Lipinski definition) is 7. The van der Waals surface area contributed by atoms with Gasteiger partial charge in [0, 0.05) is 59.7 Å². The van der Waals surface area contributed by atoms with Crippen LogP contribution in [0.1, 0.15) is 25.7 Å². The number of pyridine rings is 1. The lowest BCUT2D eigenvalue weighted by atomic mass is 10.2. The van der Waals surface area contributed by atoms with Gasteiger partial charge >= 0.3 is 0 Å². The van der Waals surface area contributed by atoms with Crippen molar-refractivity contribution in [3.05, 3.63) is 107 Å². The second-order valence-corrected chi connectivity index (χ2v) is 10.6. The van der Waals surface area contributed by atoms with Crippen LogP contribution in [0, 0.1) is 0 Å². The fraction of sp³-hybridized carbons (Fsp3) is 0.129. The largest absolute Gasteiger partial charge is 0.481 e. The van der Waals surface area contributed by atoms with Crippen molar-refractivity contribution in [2.45, 2.75) is 13.0 Å². The van der Waals surface area contributed by atoms with Crippen LogP contribution in [-0.2, 0) is 13.0 Å². The molecular formula is C31H27N7O3S. The van der Waals surface area contributed by atoms with Crippen molar-refractivity contribution < 1.29 is 14.3 Å². The summed E-state index contributed by atoms with van der Waals surface area (Å²) in [5, 5.41) is 9.79. The zero-order chi connectivity index (χ0) is 29.1. The maximum absolute atomic E-state index is 13.3. The third-order valence-electron chi connectivity index (χ3n) is 6.86. The van der Waals surface area contributed by atoms with E-state index in [9.17, 15) is 9.59 Å². The Balaban J connectivity index is 1.32. The fourth-order valence-electron chi connectivity index (χ4n) is 4.64. The highest BCUT2D eigenvalue weighted by molar-refractivity contribution is 7.17. The van der Waals surface area contributed by atoms with Crippen LogP contribution in [-0.4, -0.2) is 50.7 Å². The summed E-state index contributed by atoms with van der Waals surface area (Å²) in [6, 6.07) is 24.1. The highest BCUT2D eigenvalue weighted by Gasteiger charge is 2.19. The van der Waals surface area contributed by atoms with Crippen molar-refractivity contribution in [1.82, 2.24) is 24.7 Å². The Labute approximate surface area is 245 Å². The van der Waals surface area contributed by atoms with E-state index >= 15 is 0 Å². The van der Waals surface area contributed by atoms with Gasteiger partial charge in [-0.25, -0.2) is 9.97 Å². The van der Waals surface area contributed by atoms with E-state index < -0.39 is 0 Å². The summed E-state index contributed by atoms with van der Waals surface area (Å²) in [7, 11) is 3.32. The Kier molecular flexibility index (Phi) is 7.48. The van der Waals surface area contributed by atoms with Crippen LogP contribution >= 0.6 is 11.3 Å². The predicted octanol–water partition coefficient (Wildman–Crippen LogP) is 5.66. The van der Waals surface area contributed by atoms with Gasteiger partial charge in [-0.3, -0.25) is 20.0 Å². The molecule has 4 heterocycles. The molecule has 2 amide bonds. The van der Waals surface area contributed by atoms with E-state index in [2.05, 4.69) is 20.5 Å². The number of benzene rings is 2. The van der Waals surface area contributed by atoms with Crippen molar-refractivity contribution in [2.24, 2.45) is 0 Å². The van der Waals surface area contributed by atoms with E-state index in [1.807, 2.05) is 59.2 Å². The summed E-state index contributed by atoms with van der Waals surface area (Å²) in [4.78, 5) is 38.8. The standard InChI is InChI=1S/C31H27N7O3S/c1-37(30(40)20-7-4-3-5-8-20)23-11-12-25-24(17-23)35-31(38(25)16-15-22-9-6-10-28(34-22)41-2)36-29(39)27-14-13-26(42-27)21-18-32-33-19-21/h3-14,17-19H,15-16H2,1-2H3,(H,32,33)(H,35,36,39). The molecule has 4 aromatic heterocycles. The van der Waals surface area contributed by atoms with Gasteiger partial charge in [0.15, 0.2) is 0 Å². The zero-order valence-corrected chi connectivity index (χ0v) is 23.8. The number of aromatic amines is 1. The Morgan fingerprint density at radius 3 is 2.67 bits per heavy atom. The molecule has 0 aliphatic heterocycles. The van der Waals surface area contributed by atoms with Crippen LogP contribution in [0.5, 0.6) is 5.88 Å². The topological polar surface area (TPSA) is 118 Å². The lowest BCUT2D eigenvalue weighted by Crippen LogP contribution is -2.26. The summed E-state index contributed by atoms with van der Waals surface area (Å²) >= 11 is 1.38. The Bertz CT molecular complexity index is 1860. The summed E-state index contributed by atoms with van der Waals surface area (Å²) in [6.45, 7) is 0.509. The lowest BCUT2D eigenvalue weighted by molar-refractivity contribution is 0.0991. The molecule has 10 nitrogen and oxygen atoms in total. The smallest absolute Gasteiger partial charge is 0.268 e. The molecule has 0 fully saturated rings. The molecule has 0 atom stereocenters. The van der Waals surface area contributed by atoms with Crippen LogP contribution in [0.4, 0.5) is 11.6 Å². The number of carbonyl (C=O) groups is 2. The monoisotopic (exact) mass is 577 g/mol. The third kappa shape index (κ3) is 5.50. The summed E-state index contributed by atoms with van der Waals surface area (Å²) in [6.07, 6.45) is 4.09. The number of hydrogen-bond donors (Lipinski definition) is 2. The SMILES string of the molecule is COc1cccc(CCn2c(NC(=O)c3ccc(-c4cn[nH]c4)s3)nc3cc(N(C)C(=O)c4ccccc4)ccc32)n1. The molecular weight excluding hydrogens is 550 g/mol. The molecule has 0 saturated carbocycles. The number of rotatable bonds is 9. The molecule has 2 N–H and O–H groups in total. The minimum Gasteiger partial charge on any atom is -0.481 e. The molecule has 0 radical (unpaired) electrons. The van der Waals surface area contributed by atoms with Gasteiger partial charge in [-0.1, -0.05) is 24.3 Å². The van der Waals surface area contributed by atoms with E-state index in [1.54, 1.807) is 55.7 Å². The number of carbonyl (C=O) groups excluding carboxylic acids is 2. The molecule has 6 rings (SSSR count). The number of ether oxygens (including phenoxy) is 1. The molecule has 0 saturated heterocycles. The van der Waals surface area contributed by atoms with Crippen molar-refractivity contribution in [3.8, 4) is 16.3 Å². The number of methoxy groups -OCH3 is 1. The number of amides is 2. The van der Waals surface area contributed by atoms with E-state index in [0.717, 1.165) is 21.7 Å². The van der Waals surface area contributed by atoms with Crippen LogP contribution < -0.4 is 15.0 Å². The van der Waals surface area contributed by atoms with Crippen molar-refractivity contribution >= 4 is 45.8 Å². The molecule has 0 unspecified atom stereocenters. The summed E-state index contributed by atoms with van der Waals surface area (Å²) in [5.41, 5.74) is 4.52. The molecule has 0 spiro atoms. The first-order valence-corrected chi connectivity index (χ1v) is 14.1. The van der Waals surface area contributed by atoms with Gasteiger partial charge in [-0.2, -0.15) is 5.10 Å². The number of thiophene rings is 1. The molecule has 42 heavy (non-hydrogen) atoms.